The van der Waals surface area contributed by atoms with Crippen molar-refractivity contribution in [1.29, 1.82) is 0 Å². The van der Waals surface area contributed by atoms with Crippen LogP contribution in [-0.4, -0.2) is 6.54 Å². The second-order valence-corrected chi connectivity index (χ2v) is 6.27. The molecule has 0 saturated carbocycles. The molecule has 0 fully saturated rings. The zero-order chi connectivity index (χ0) is 13.4. The van der Waals surface area contributed by atoms with Gasteiger partial charge in [-0.15, -0.1) is 0 Å². The fourth-order valence-electron chi connectivity index (χ4n) is 2.91. The number of fused-ring (bicyclic) bond motifs is 1. The van der Waals surface area contributed by atoms with Crippen LogP contribution in [0.2, 0.25) is 0 Å². The van der Waals surface area contributed by atoms with Crippen molar-refractivity contribution in [2.45, 2.75) is 26.2 Å². The molecule has 0 aromatic heterocycles. The van der Waals surface area contributed by atoms with Crippen LogP contribution >= 0.6 is 15.9 Å². The summed E-state index contributed by atoms with van der Waals surface area (Å²) in [6.45, 7) is 5.30. The monoisotopic (exact) mass is 315 g/mol. The molecule has 1 aliphatic carbocycles. The fraction of sp³-hybridized carbons (Fsp3) is 0.294. The van der Waals surface area contributed by atoms with E-state index in [-0.39, 0.29) is 0 Å². The SMILES string of the molecule is Cc1cc(C)c(NCC2Cc3ccccc32)c(Br)c1. The van der Waals surface area contributed by atoms with Gasteiger partial charge in [0.15, 0.2) is 0 Å². The number of rotatable bonds is 3. The van der Waals surface area contributed by atoms with Gasteiger partial charge in [-0.3, -0.25) is 0 Å². The molecule has 0 saturated heterocycles. The number of anilines is 1. The molecular weight excluding hydrogens is 298 g/mol. The molecule has 0 aliphatic heterocycles. The van der Waals surface area contributed by atoms with Crippen LogP contribution in [-0.2, 0) is 6.42 Å². The molecule has 1 nitrogen and oxygen atoms in total. The highest BCUT2D eigenvalue weighted by molar-refractivity contribution is 9.10. The predicted octanol–water partition coefficient (Wildman–Crippen LogP) is 4.82. The van der Waals surface area contributed by atoms with Gasteiger partial charge >= 0.3 is 0 Å². The summed E-state index contributed by atoms with van der Waals surface area (Å²) in [5, 5.41) is 3.60. The number of hydrogen-bond acceptors (Lipinski definition) is 1. The quantitative estimate of drug-likeness (QED) is 0.856. The van der Waals surface area contributed by atoms with E-state index in [0.717, 1.165) is 11.0 Å². The Morgan fingerprint density at radius 1 is 1.21 bits per heavy atom. The number of halogens is 1. The molecular formula is C17H18BrN. The highest BCUT2D eigenvalue weighted by Crippen LogP contribution is 2.36. The van der Waals surface area contributed by atoms with E-state index in [0.29, 0.717) is 5.92 Å². The standard InChI is InChI=1S/C17H18BrN/c1-11-7-12(2)17(16(18)8-11)19-10-14-9-13-5-3-4-6-15(13)14/h3-8,14,19H,9-10H2,1-2H3. The average molecular weight is 316 g/mol. The van der Waals surface area contributed by atoms with Gasteiger partial charge in [-0.05, 0) is 64.5 Å². The molecule has 98 valence electrons. The summed E-state index contributed by atoms with van der Waals surface area (Å²) in [4.78, 5) is 0. The topological polar surface area (TPSA) is 12.0 Å². The molecule has 1 N–H and O–H groups in total. The number of benzene rings is 2. The second kappa shape index (κ2) is 5.01. The Bertz CT molecular complexity index is 595. The van der Waals surface area contributed by atoms with Gasteiger partial charge < -0.3 is 5.32 Å². The number of aryl methyl sites for hydroxylation is 2. The second-order valence-electron chi connectivity index (χ2n) is 5.42. The molecule has 0 spiro atoms. The smallest absolute Gasteiger partial charge is 0.0514 e. The molecule has 2 aromatic carbocycles. The molecule has 0 bridgehead atoms. The summed E-state index contributed by atoms with van der Waals surface area (Å²) in [5.41, 5.74) is 6.85. The van der Waals surface area contributed by atoms with E-state index < -0.39 is 0 Å². The van der Waals surface area contributed by atoms with Gasteiger partial charge in [-0.25, -0.2) is 0 Å². The molecule has 2 aromatic rings. The van der Waals surface area contributed by atoms with Gasteiger partial charge in [0.25, 0.3) is 0 Å². The summed E-state index contributed by atoms with van der Waals surface area (Å²) >= 11 is 3.66. The van der Waals surface area contributed by atoms with Crippen molar-refractivity contribution >= 4 is 21.6 Å². The Hall–Kier alpha value is -1.28. The first-order chi connectivity index (χ1) is 9.15. The maximum atomic E-state index is 3.66. The first-order valence-corrected chi connectivity index (χ1v) is 7.53. The molecule has 0 radical (unpaired) electrons. The molecule has 19 heavy (non-hydrogen) atoms. The highest BCUT2D eigenvalue weighted by atomic mass is 79.9. The minimum Gasteiger partial charge on any atom is -0.383 e. The lowest BCUT2D eigenvalue weighted by atomic mass is 9.77. The predicted molar refractivity (Wildman–Crippen MR) is 85.0 cm³/mol. The van der Waals surface area contributed by atoms with E-state index >= 15 is 0 Å². The normalized spacial score (nSPS) is 16.7. The highest BCUT2D eigenvalue weighted by Gasteiger charge is 2.25. The van der Waals surface area contributed by atoms with Gasteiger partial charge in [0.1, 0.15) is 0 Å². The Morgan fingerprint density at radius 2 is 2.00 bits per heavy atom. The minimum atomic E-state index is 0.656. The van der Waals surface area contributed by atoms with E-state index in [1.807, 2.05) is 0 Å². The first-order valence-electron chi connectivity index (χ1n) is 6.73. The average Bonchev–Trinajstić information content (AvgIpc) is 2.33. The Labute approximate surface area is 123 Å². The van der Waals surface area contributed by atoms with Crippen LogP contribution in [0, 0.1) is 13.8 Å². The number of hydrogen-bond donors (Lipinski definition) is 1. The van der Waals surface area contributed by atoms with Crippen LogP contribution in [0.1, 0.15) is 28.2 Å². The third kappa shape index (κ3) is 2.42. The lowest BCUT2D eigenvalue weighted by molar-refractivity contribution is 0.635. The van der Waals surface area contributed by atoms with Gasteiger partial charge in [0, 0.05) is 16.9 Å². The van der Waals surface area contributed by atoms with Crippen LogP contribution in [0.25, 0.3) is 0 Å². The molecule has 2 heteroatoms. The lowest BCUT2D eigenvalue weighted by Crippen LogP contribution is -2.24. The third-order valence-electron chi connectivity index (χ3n) is 3.92. The summed E-state index contributed by atoms with van der Waals surface area (Å²) in [7, 11) is 0. The Morgan fingerprint density at radius 3 is 2.74 bits per heavy atom. The number of nitrogens with one attached hydrogen (secondary N) is 1. The Balaban J connectivity index is 1.72. The molecule has 1 aliphatic rings. The van der Waals surface area contributed by atoms with Crippen LogP contribution < -0.4 is 5.32 Å². The van der Waals surface area contributed by atoms with Crippen molar-refractivity contribution < 1.29 is 0 Å². The molecule has 0 heterocycles. The van der Waals surface area contributed by atoms with Gasteiger partial charge in [0.05, 0.1) is 5.69 Å². The maximum Gasteiger partial charge on any atom is 0.0514 e. The van der Waals surface area contributed by atoms with Crippen molar-refractivity contribution in [3.63, 3.8) is 0 Å². The fourth-order valence-corrected chi connectivity index (χ4v) is 3.72. The molecule has 1 unspecified atom stereocenters. The van der Waals surface area contributed by atoms with Crippen LogP contribution in [0.5, 0.6) is 0 Å². The Kier molecular flexibility index (Phi) is 3.36. The van der Waals surface area contributed by atoms with E-state index in [1.165, 1.54) is 34.4 Å². The van der Waals surface area contributed by atoms with E-state index in [9.17, 15) is 0 Å². The van der Waals surface area contributed by atoms with Crippen LogP contribution in [0.15, 0.2) is 40.9 Å². The van der Waals surface area contributed by atoms with E-state index in [2.05, 4.69) is 71.5 Å². The van der Waals surface area contributed by atoms with Crippen LogP contribution in [0.4, 0.5) is 5.69 Å². The summed E-state index contributed by atoms with van der Waals surface area (Å²) in [6, 6.07) is 13.1. The van der Waals surface area contributed by atoms with Gasteiger partial charge in [-0.1, -0.05) is 30.3 Å². The lowest BCUT2D eigenvalue weighted by Gasteiger charge is -2.31. The first kappa shape index (κ1) is 12.7. The van der Waals surface area contributed by atoms with Crippen molar-refractivity contribution in [3.05, 3.63) is 63.1 Å². The largest absolute Gasteiger partial charge is 0.383 e. The third-order valence-corrected chi connectivity index (χ3v) is 4.54. The van der Waals surface area contributed by atoms with E-state index in [4.69, 9.17) is 0 Å². The zero-order valence-corrected chi connectivity index (χ0v) is 12.9. The molecule has 0 amide bonds. The van der Waals surface area contributed by atoms with Crippen molar-refractivity contribution in [1.82, 2.24) is 0 Å². The van der Waals surface area contributed by atoms with Crippen molar-refractivity contribution in [3.8, 4) is 0 Å². The maximum absolute atomic E-state index is 3.66. The molecule has 1 atom stereocenters. The molecule has 3 rings (SSSR count). The van der Waals surface area contributed by atoms with Crippen molar-refractivity contribution in [2.75, 3.05) is 11.9 Å². The zero-order valence-electron chi connectivity index (χ0n) is 11.3. The van der Waals surface area contributed by atoms with Crippen LogP contribution in [0.3, 0.4) is 0 Å². The van der Waals surface area contributed by atoms with Crippen molar-refractivity contribution in [2.24, 2.45) is 0 Å². The summed E-state index contributed by atoms with van der Waals surface area (Å²) in [6.07, 6.45) is 1.20. The van der Waals surface area contributed by atoms with Gasteiger partial charge in [-0.2, -0.15) is 0 Å². The summed E-state index contributed by atoms with van der Waals surface area (Å²) in [5.74, 6) is 0.656. The summed E-state index contributed by atoms with van der Waals surface area (Å²) < 4.78 is 1.16. The van der Waals surface area contributed by atoms with Gasteiger partial charge in [0.2, 0.25) is 0 Å². The van der Waals surface area contributed by atoms with E-state index in [1.54, 1.807) is 0 Å². The minimum absolute atomic E-state index is 0.656.